The highest BCUT2D eigenvalue weighted by Crippen LogP contribution is 2.18. The van der Waals surface area contributed by atoms with Crippen molar-refractivity contribution >= 4 is 11.7 Å². The van der Waals surface area contributed by atoms with Crippen LogP contribution in [0, 0.1) is 0 Å². The monoisotopic (exact) mass is 236 g/mol. The lowest BCUT2D eigenvalue weighted by Gasteiger charge is -2.34. The Morgan fingerprint density at radius 2 is 2.29 bits per heavy atom. The lowest BCUT2D eigenvalue weighted by molar-refractivity contribution is 0.0496. The molecule has 6 heteroatoms. The highest BCUT2D eigenvalue weighted by atomic mass is 16.3. The molecule has 2 heterocycles. The summed E-state index contributed by atoms with van der Waals surface area (Å²) in [7, 11) is 0. The number of hydrogen-bond acceptors (Lipinski definition) is 5. The van der Waals surface area contributed by atoms with Crippen LogP contribution in [0.2, 0.25) is 0 Å². The second-order valence-corrected chi connectivity index (χ2v) is 4.17. The molecule has 0 spiro atoms. The van der Waals surface area contributed by atoms with Crippen molar-refractivity contribution in [1.82, 2.24) is 15.1 Å². The van der Waals surface area contributed by atoms with Crippen LogP contribution in [0.25, 0.3) is 0 Å². The molecular formula is C11H16N4O2. The molecule has 2 rings (SSSR count). The number of nitrogens with two attached hydrogens (primary N) is 1. The minimum absolute atomic E-state index is 0.00581. The first-order valence-electron chi connectivity index (χ1n) is 5.73. The third-order valence-corrected chi connectivity index (χ3v) is 3.00. The minimum Gasteiger partial charge on any atom is -0.394 e. The van der Waals surface area contributed by atoms with Crippen LogP contribution in [0.3, 0.4) is 0 Å². The number of anilines is 1. The summed E-state index contributed by atoms with van der Waals surface area (Å²) in [5, 5.41) is 16.7. The Kier molecular flexibility index (Phi) is 3.53. The Morgan fingerprint density at radius 1 is 1.47 bits per heavy atom. The molecule has 1 aliphatic rings. The van der Waals surface area contributed by atoms with Crippen molar-refractivity contribution in [3.05, 3.63) is 17.8 Å². The number of carbonyl (C=O) groups excluding carboxylic acids is 1. The summed E-state index contributed by atoms with van der Waals surface area (Å²) in [5.74, 6) is 0.107. The number of piperidine rings is 1. The SMILES string of the molecule is Nc1ccc(C(=O)N2CCCCC2CO)nn1. The smallest absolute Gasteiger partial charge is 0.274 e. The third kappa shape index (κ3) is 2.52. The van der Waals surface area contributed by atoms with Crippen molar-refractivity contribution in [2.75, 3.05) is 18.9 Å². The van der Waals surface area contributed by atoms with Crippen molar-refractivity contribution < 1.29 is 9.90 Å². The maximum atomic E-state index is 12.2. The average molecular weight is 236 g/mol. The van der Waals surface area contributed by atoms with E-state index in [-0.39, 0.29) is 24.2 Å². The number of nitrogen functional groups attached to an aromatic ring is 1. The summed E-state index contributed by atoms with van der Waals surface area (Å²) in [6, 6.07) is 3.02. The second kappa shape index (κ2) is 5.09. The van der Waals surface area contributed by atoms with Gasteiger partial charge in [0, 0.05) is 6.54 Å². The maximum Gasteiger partial charge on any atom is 0.274 e. The number of aromatic nitrogens is 2. The molecule has 0 bridgehead atoms. The molecule has 1 atom stereocenters. The van der Waals surface area contributed by atoms with Crippen LogP contribution in [0.1, 0.15) is 29.8 Å². The number of amides is 1. The van der Waals surface area contributed by atoms with E-state index >= 15 is 0 Å². The highest BCUT2D eigenvalue weighted by molar-refractivity contribution is 5.92. The van der Waals surface area contributed by atoms with Gasteiger partial charge in [-0.3, -0.25) is 4.79 Å². The molecule has 0 saturated carbocycles. The highest BCUT2D eigenvalue weighted by Gasteiger charge is 2.27. The fourth-order valence-corrected chi connectivity index (χ4v) is 2.06. The quantitative estimate of drug-likeness (QED) is 0.756. The first-order chi connectivity index (χ1) is 8.22. The Morgan fingerprint density at radius 3 is 2.94 bits per heavy atom. The molecule has 1 fully saturated rings. The normalized spacial score (nSPS) is 20.3. The van der Waals surface area contributed by atoms with E-state index in [4.69, 9.17) is 5.73 Å². The number of aliphatic hydroxyl groups is 1. The van der Waals surface area contributed by atoms with E-state index in [1.807, 2.05) is 0 Å². The van der Waals surface area contributed by atoms with E-state index in [0.29, 0.717) is 12.4 Å². The van der Waals surface area contributed by atoms with Crippen LogP contribution >= 0.6 is 0 Å². The summed E-state index contributed by atoms with van der Waals surface area (Å²) in [4.78, 5) is 13.8. The fourth-order valence-electron chi connectivity index (χ4n) is 2.06. The first kappa shape index (κ1) is 11.8. The van der Waals surface area contributed by atoms with Gasteiger partial charge in [-0.25, -0.2) is 0 Å². The molecule has 0 radical (unpaired) electrons. The standard InChI is InChI=1S/C11H16N4O2/c12-10-5-4-9(13-14-10)11(17)15-6-2-1-3-8(15)7-16/h4-5,8,16H,1-3,6-7H2,(H2,12,14). The molecule has 0 aromatic carbocycles. The van der Waals surface area contributed by atoms with Gasteiger partial charge in [-0.1, -0.05) is 0 Å². The lowest BCUT2D eigenvalue weighted by Crippen LogP contribution is -2.45. The predicted molar refractivity (Wildman–Crippen MR) is 62.2 cm³/mol. The summed E-state index contributed by atoms with van der Waals surface area (Å²) in [6.07, 6.45) is 2.84. The van der Waals surface area contributed by atoms with Gasteiger partial charge in [-0.15, -0.1) is 10.2 Å². The van der Waals surface area contributed by atoms with Gasteiger partial charge in [0.1, 0.15) is 5.82 Å². The number of hydrogen-bond donors (Lipinski definition) is 2. The first-order valence-corrected chi connectivity index (χ1v) is 5.73. The zero-order chi connectivity index (χ0) is 12.3. The molecule has 1 aromatic heterocycles. The Bertz CT molecular complexity index is 393. The van der Waals surface area contributed by atoms with E-state index < -0.39 is 0 Å². The second-order valence-electron chi connectivity index (χ2n) is 4.17. The number of carbonyl (C=O) groups is 1. The summed E-state index contributed by atoms with van der Waals surface area (Å²) >= 11 is 0. The van der Waals surface area contributed by atoms with Crippen LogP contribution in [-0.4, -0.2) is 45.3 Å². The predicted octanol–water partition coefficient (Wildman–Crippen LogP) is 0.0458. The molecular weight excluding hydrogens is 220 g/mol. The van der Waals surface area contributed by atoms with Crippen molar-refractivity contribution in [1.29, 1.82) is 0 Å². The minimum atomic E-state index is -0.184. The number of rotatable bonds is 2. The van der Waals surface area contributed by atoms with Gasteiger partial charge in [-0.2, -0.15) is 0 Å². The fraction of sp³-hybridized carbons (Fsp3) is 0.545. The van der Waals surface area contributed by atoms with E-state index in [0.717, 1.165) is 19.3 Å². The van der Waals surface area contributed by atoms with Crippen molar-refractivity contribution in [2.45, 2.75) is 25.3 Å². The number of nitrogens with zero attached hydrogens (tertiary/aromatic N) is 3. The van der Waals surface area contributed by atoms with Gasteiger partial charge in [0.25, 0.3) is 5.91 Å². The molecule has 1 aromatic rings. The largest absolute Gasteiger partial charge is 0.394 e. The van der Waals surface area contributed by atoms with Gasteiger partial charge >= 0.3 is 0 Å². The Balaban J connectivity index is 2.15. The van der Waals surface area contributed by atoms with E-state index in [1.165, 1.54) is 0 Å². The van der Waals surface area contributed by atoms with Crippen molar-refractivity contribution in [3.8, 4) is 0 Å². The third-order valence-electron chi connectivity index (χ3n) is 3.00. The average Bonchev–Trinajstić information content (AvgIpc) is 2.39. The van der Waals surface area contributed by atoms with Crippen LogP contribution in [0.5, 0.6) is 0 Å². The number of likely N-dealkylation sites (tertiary alicyclic amines) is 1. The molecule has 1 aliphatic heterocycles. The molecule has 0 aliphatic carbocycles. The summed E-state index contributed by atoms with van der Waals surface area (Å²) in [6.45, 7) is 0.657. The maximum absolute atomic E-state index is 12.2. The van der Waals surface area contributed by atoms with Crippen LogP contribution in [0.4, 0.5) is 5.82 Å². The summed E-state index contributed by atoms with van der Waals surface area (Å²) in [5.41, 5.74) is 5.70. The van der Waals surface area contributed by atoms with Gasteiger partial charge in [0.05, 0.1) is 12.6 Å². The molecule has 92 valence electrons. The van der Waals surface area contributed by atoms with E-state index in [9.17, 15) is 9.90 Å². The van der Waals surface area contributed by atoms with Crippen molar-refractivity contribution in [2.24, 2.45) is 0 Å². The van der Waals surface area contributed by atoms with Crippen LogP contribution in [0.15, 0.2) is 12.1 Å². The van der Waals surface area contributed by atoms with Gasteiger partial charge in [-0.05, 0) is 31.4 Å². The number of aliphatic hydroxyl groups excluding tert-OH is 1. The summed E-state index contributed by atoms with van der Waals surface area (Å²) < 4.78 is 0. The molecule has 6 nitrogen and oxygen atoms in total. The van der Waals surface area contributed by atoms with Crippen LogP contribution in [-0.2, 0) is 0 Å². The Hall–Kier alpha value is -1.69. The van der Waals surface area contributed by atoms with Crippen molar-refractivity contribution in [3.63, 3.8) is 0 Å². The lowest BCUT2D eigenvalue weighted by atomic mass is 10.0. The van der Waals surface area contributed by atoms with E-state index in [2.05, 4.69) is 10.2 Å². The van der Waals surface area contributed by atoms with Crippen LogP contribution < -0.4 is 5.73 Å². The molecule has 1 amide bonds. The molecule has 1 unspecified atom stereocenters. The molecule has 1 saturated heterocycles. The zero-order valence-corrected chi connectivity index (χ0v) is 9.54. The van der Waals surface area contributed by atoms with Gasteiger partial charge in [0.15, 0.2) is 5.69 Å². The van der Waals surface area contributed by atoms with Gasteiger partial charge < -0.3 is 15.7 Å². The molecule has 3 N–H and O–H groups in total. The zero-order valence-electron chi connectivity index (χ0n) is 9.54. The van der Waals surface area contributed by atoms with Gasteiger partial charge in [0.2, 0.25) is 0 Å². The van der Waals surface area contributed by atoms with E-state index in [1.54, 1.807) is 17.0 Å². The Labute approximate surface area is 99.4 Å². The molecule has 17 heavy (non-hydrogen) atoms. The topological polar surface area (TPSA) is 92.3 Å².